The minimum atomic E-state index is -0.0696. The van der Waals surface area contributed by atoms with Crippen molar-refractivity contribution in [2.45, 2.75) is 51.2 Å². The van der Waals surface area contributed by atoms with E-state index in [1.54, 1.807) is 26.4 Å². The van der Waals surface area contributed by atoms with Crippen molar-refractivity contribution in [3.8, 4) is 11.5 Å². The molecule has 0 saturated carbocycles. The SMILES string of the molecule is CCN(CC)C1CCOC2(CCN(C(=O)c3ccc(OC)c(OC)c3)CC2)C1. The van der Waals surface area contributed by atoms with Gasteiger partial charge in [-0.25, -0.2) is 0 Å². The fourth-order valence-electron chi connectivity index (χ4n) is 4.67. The molecule has 1 amide bonds. The second-order valence-corrected chi connectivity index (χ2v) is 7.76. The molecule has 2 fully saturated rings. The van der Waals surface area contributed by atoms with Crippen LogP contribution >= 0.6 is 0 Å². The molecule has 2 heterocycles. The van der Waals surface area contributed by atoms with Crippen molar-refractivity contribution in [1.29, 1.82) is 0 Å². The highest BCUT2D eigenvalue weighted by Crippen LogP contribution is 2.37. The van der Waals surface area contributed by atoms with Crippen LogP contribution in [0.5, 0.6) is 11.5 Å². The number of hydrogen-bond acceptors (Lipinski definition) is 5. The van der Waals surface area contributed by atoms with E-state index in [4.69, 9.17) is 14.2 Å². The maximum absolute atomic E-state index is 13.0. The number of piperidine rings is 1. The van der Waals surface area contributed by atoms with Crippen LogP contribution in [0.2, 0.25) is 0 Å². The lowest BCUT2D eigenvalue weighted by molar-refractivity contribution is -0.129. The van der Waals surface area contributed by atoms with Gasteiger partial charge in [0, 0.05) is 31.3 Å². The van der Waals surface area contributed by atoms with Crippen molar-refractivity contribution in [1.82, 2.24) is 9.80 Å². The van der Waals surface area contributed by atoms with Crippen LogP contribution < -0.4 is 9.47 Å². The van der Waals surface area contributed by atoms with Gasteiger partial charge in [0.15, 0.2) is 11.5 Å². The molecule has 1 atom stereocenters. The van der Waals surface area contributed by atoms with Crippen LogP contribution in [-0.4, -0.2) is 74.4 Å². The van der Waals surface area contributed by atoms with Crippen molar-refractivity contribution in [3.05, 3.63) is 23.8 Å². The van der Waals surface area contributed by atoms with Crippen LogP contribution in [0, 0.1) is 0 Å². The Kier molecular flexibility index (Phi) is 6.83. The van der Waals surface area contributed by atoms with Gasteiger partial charge in [0.1, 0.15) is 0 Å². The van der Waals surface area contributed by atoms with Gasteiger partial charge in [-0.1, -0.05) is 13.8 Å². The van der Waals surface area contributed by atoms with Crippen LogP contribution in [-0.2, 0) is 4.74 Å². The van der Waals surface area contributed by atoms with E-state index in [1.165, 1.54) is 0 Å². The van der Waals surface area contributed by atoms with Gasteiger partial charge in [0.2, 0.25) is 0 Å². The highest BCUT2D eigenvalue weighted by atomic mass is 16.5. The summed E-state index contributed by atoms with van der Waals surface area (Å²) in [5, 5.41) is 0. The fraction of sp³-hybridized carbons (Fsp3) is 0.682. The van der Waals surface area contributed by atoms with Gasteiger partial charge in [-0.15, -0.1) is 0 Å². The van der Waals surface area contributed by atoms with E-state index in [-0.39, 0.29) is 11.5 Å². The molecule has 6 heteroatoms. The summed E-state index contributed by atoms with van der Waals surface area (Å²) >= 11 is 0. The topological polar surface area (TPSA) is 51.2 Å². The van der Waals surface area contributed by atoms with Gasteiger partial charge < -0.3 is 24.0 Å². The van der Waals surface area contributed by atoms with E-state index in [0.717, 1.165) is 58.5 Å². The van der Waals surface area contributed by atoms with Gasteiger partial charge in [-0.3, -0.25) is 4.79 Å². The first-order valence-electron chi connectivity index (χ1n) is 10.4. The van der Waals surface area contributed by atoms with E-state index in [9.17, 15) is 4.79 Å². The second kappa shape index (κ2) is 9.14. The van der Waals surface area contributed by atoms with Crippen molar-refractivity contribution < 1.29 is 19.0 Å². The quantitative estimate of drug-likeness (QED) is 0.747. The summed E-state index contributed by atoms with van der Waals surface area (Å²) < 4.78 is 16.9. The minimum absolute atomic E-state index is 0.0481. The van der Waals surface area contributed by atoms with E-state index >= 15 is 0 Å². The maximum atomic E-state index is 13.0. The molecule has 2 aliphatic heterocycles. The lowest BCUT2D eigenvalue weighted by Gasteiger charge is -2.48. The second-order valence-electron chi connectivity index (χ2n) is 7.76. The number of benzene rings is 1. The van der Waals surface area contributed by atoms with Gasteiger partial charge >= 0.3 is 0 Å². The van der Waals surface area contributed by atoms with Gasteiger partial charge in [0.25, 0.3) is 5.91 Å². The highest BCUT2D eigenvalue weighted by Gasteiger charge is 2.42. The van der Waals surface area contributed by atoms with E-state index in [1.807, 2.05) is 11.0 Å². The van der Waals surface area contributed by atoms with Crippen molar-refractivity contribution in [3.63, 3.8) is 0 Å². The summed E-state index contributed by atoms with van der Waals surface area (Å²) in [5.74, 6) is 1.26. The molecular weight excluding hydrogens is 356 g/mol. The van der Waals surface area contributed by atoms with E-state index in [2.05, 4.69) is 18.7 Å². The molecule has 6 nitrogen and oxygen atoms in total. The van der Waals surface area contributed by atoms with E-state index < -0.39 is 0 Å². The van der Waals surface area contributed by atoms with Crippen LogP contribution in [0.1, 0.15) is 49.9 Å². The Bertz CT molecular complexity index is 667. The molecule has 2 aliphatic rings. The third-order valence-electron chi connectivity index (χ3n) is 6.39. The zero-order valence-corrected chi connectivity index (χ0v) is 17.7. The zero-order chi connectivity index (χ0) is 20.1. The largest absolute Gasteiger partial charge is 0.493 e. The number of amides is 1. The molecule has 1 aromatic carbocycles. The lowest BCUT2D eigenvalue weighted by atomic mass is 9.81. The van der Waals surface area contributed by atoms with Crippen LogP contribution in [0.3, 0.4) is 0 Å². The molecule has 0 radical (unpaired) electrons. The summed E-state index contributed by atoms with van der Waals surface area (Å²) in [6, 6.07) is 5.95. The average Bonchev–Trinajstić information content (AvgIpc) is 2.74. The molecule has 3 rings (SSSR count). The zero-order valence-electron chi connectivity index (χ0n) is 17.7. The Labute approximate surface area is 168 Å². The lowest BCUT2D eigenvalue weighted by Crippen LogP contribution is -2.54. The smallest absolute Gasteiger partial charge is 0.253 e. The summed E-state index contributed by atoms with van der Waals surface area (Å²) in [6.45, 7) is 8.93. The van der Waals surface area contributed by atoms with Gasteiger partial charge in [0.05, 0.1) is 19.8 Å². The highest BCUT2D eigenvalue weighted by molar-refractivity contribution is 5.95. The molecule has 1 aromatic rings. The standard InChI is InChI=1S/C22H34N2O4/c1-5-23(6-2)18-9-14-28-22(16-18)10-12-24(13-11-22)21(25)17-7-8-19(26-3)20(15-17)27-4/h7-8,15,18H,5-6,9-14,16H2,1-4H3. The van der Waals surface area contributed by atoms with Crippen molar-refractivity contribution in [2.75, 3.05) is 47.0 Å². The van der Waals surface area contributed by atoms with Crippen LogP contribution in [0.15, 0.2) is 18.2 Å². The predicted molar refractivity (Wildman–Crippen MR) is 109 cm³/mol. The number of rotatable bonds is 6. The summed E-state index contributed by atoms with van der Waals surface area (Å²) in [7, 11) is 3.18. The molecule has 2 saturated heterocycles. The average molecular weight is 391 g/mol. The first-order valence-corrected chi connectivity index (χ1v) is 10.4. The molecule has 28 heavy (non-hydrogen) atoms. The van der Waals surface area contributed by atoms with Crippen molar-refractivity contribution >= 4 is 5.91 Å². The molecule has 156 valence electrons. The number of carbonyl (C=O) groups excluding carboxylic acids is 1. The Balaban J connectivity index is 1.64. The number of hydrogen-bond donors (Lipinski definition) is 0. The molecule has 0 bridgehead atoms. The summed E-state index contributed by atoms with van der Waals surface area (Å²) in [4.78, 5) is 17.5. The molecule has 1 spiro atoms. The first kappa shape index (κ1) is 20.9. The number of methoxy groups -OCH3 is 2. The maximum Gasteiger partial charge on any atom is 0.253 e. The van der Waals surface area contributed by atoms with Gasteiger partial charge in [-0.2, -0.15) is 0 Å². The number of likely N-dealkylation sites (tertiary alicyclic amines) is 1. The number of ether oxygens (including phenoxy) is 3. The normalized spacial score (nSPS) is 21.8. The molecule has 1 unspecified atom stereocenters. The third-order valence-corrected chi connectivity index (χ3v) is 6.39. The molecule has 0 aromatic heterocycles. The Morgan fingerprint density at radius 3 is 2.46 bits per heavy atom. The van der Waals surface area contributed by atoms with Crippen LogP contribution in [0.25, 0.3) is 0 Å². The molecule has 0 N–H and O–H groups in total. The first-order chi connectivity index (χ1) is 13.6. The Hall–Kier alpha value is -1.79. The van der Waals surface area contributed by atoms with Gasteiger partial charge in [-0.05, 0) is 57.0 Å². The van der Waals surface area contributed by atoms with Crippen LogP contribution in [0.4, 0.5) is 0 Å². The minimum Gasteiger partial charge on any atom is -0.493 e. The summed E-state index contributed by atoms with van der Waals surface area (Å²) in [6.07, 6.45) is 4.00. The van der Waals surface area contributed by atoms with E-state index in [0.29, 0.717) is 23.1 Å². The number of nitrogens with zero attached hydrogens (tertiary/aromatic N) is 2. The fourth-order valence-corrected chi connectivity index (χ4v) is 4.67. The third kappa shape index (κ3) is 4.28. The predicted octanol–water partition coefficient (Wildman–Crippen LogP) is 3.20. The Morgan fingerprint density at radius 2 is 1.86 bits per heavy atom. The molecule has 0 aliphatic carbocycles. The van der Waals surface area contributed by atoms with Crippen molar-refractivity contribution in [2.24, 2.45) is 0 Å². The number of carbonyl (C=O) groups is 1. The summed E-state index contributed by atoms with van der Waals surface area (Å²) in [5.41, 5.74) is 0.569. The monoisotopic (exact) mass is 390 g/mol. The Morgan fingerprint density at radius 1 is 1.18 bits per heavy atom. The molecular formula is C22H34N2O4.